The molecule has 0 spiro atoms. The van der Waals surface area contributed by atoms with Crippen molar-refractivity contribution >= 4 is 23.9 Å². The summed E-state index contributed by atoms with van der Waals surface area (Å²) >= 11 is 1.39. The van der Waals surface area contributed by atoms with Crippen molar-refractivity contribution < 1.29 is 14.3 Å². The lowest BCUT2D eigenvalue weighted by atomic mass is 9.95. The zero-order chi connectivity index (χ0) is 25.3. The highest BCUT2D eigenvalue weighted by Crippen LogP contribution is 2.35. The van der Waals surface area contributed by atoms with Crippen molar-refractivity contribution in [3.63, 3.8) is 0 Å². The Morgan fingerprint density at radius 3 is 2.64 bits per heavy atom. The monoisotopic (exact) mass is 507 g/mol. The predicted octanol–water partition coefficient (Wildman–Crippen LogP) is 5.41. The van der Waals surface area contributed by atoms with Gasteiger partial charge in [0.05, 0.1) is 25.7 Å². The summed E-state index contributed by atoms with van der Waals surface area (Å²) in [5, 5.41) is 13.9. The standard InChI is InChI=1S/C27H33N5O3S/c1-4-35-23-15-12-20(16-24(23)34-3)17-28-29-25(33)18-36-27-31-30-26(21-13-10-19(2)11-14-21)32(27)22-8-6-5-7-9-22/h10-17,22H,4-9,18H2,1-3H3,(H,29,33). The number of amides is 1. The number of methoxy groups -OCH3 is 1. The van der Waals surface area contributed by atoms with Gasteiger partial charge in [-0.3, -0.25) is 9.36 Å². The lowest BCUT2D eigenvalue weighted by Gasteiger charge is -2.25. The molecule has 1 aliphatic rings. The van der Waals surface area contributed by atoms with Gasteiger partial charge in [-0.2, -0.15) is 5.10 Å². The Morgan fingerprint density at radius 1 is 1.14 bits per heavy atom. The third-order valence-electron chi connectivity index (χ3n) is 6.14. The van der Waals surface area contributed by atoms with Gasteiger partial charge in [0.1, 0.15) is 0 Å². The van der Waals surface area contributed by atoms with E-state index in [0.29, 0.717) is 24.1 Å². The summed E-state index contributed by atoms with van der Waals surface area (Å²) in [5.74, 6) is 2.15. The van der Waals surface area contributed by atoms with Crippen LogP contribution in [0.5, 0.6) is 11.5 Å². The molecule has 1 aromatic heterocycles. The van der Waals surface area contributed by atoms with E-state index >= 15 is 0 Å². The van der Waals surface area contributed by atoms with Crippen LogP contribution in [0.25, 0.3) is 11.4 Å². The highest BCUT2D eigenvalue weighted by Gasteiger charge is 2.24. The van der Waals surface area contributed by atoms with Gasteiger partial charge in [-0.05, 0) is 50.5 Å². The van der Waals surface area contributed by atoms with Crippen molar-refractivity contribution in [1.82, 2.24) is 20.2 Å². The van der Waals surface area contributed by atoms with Crippen LogP contribution < -0.4 is 14.9 Å². The molecule has 0 atom stereocenters. The maximum absolute atomic E-state index is 12.5. The Hall–Kier alpha value is -3.33. The molecule has 190 valence electrons. The molecule has 0 saturated heterocycles. The molecule has 1 aliphatic carbocycles. The first kappa shape index (κ1) is 25.8. The van der Waals surface area contributed by atoms with E-state index in [1.807, 2.05) is 25.1 Å². The minimum Gasteiger partial charge on any atom is -0.493 e. The molecule has 1 saturated carbocycles. The molecule has 8 nitrogen and oxygen atoms in total. The van der Waals surface area contributed by atoms with Crippen LogP contribution in [0.4, 0.5) is 0 Å². The van der Waals surface area contributed by atoms with Crippen LogP contribution >= 0.6 is 11.8 Å². The zero-order valence-corrected chi connectivity index (χ0v) is 21.9. The quantitative estimate of drug-likeness (QED) is 0.224. The fourth-order valence-corrected chi connectivity index (χ4v) is 5.12. The molecule has 1 fully saturated rings. The SMILES string of the molecule is CCOc1ccc(C=NNC(=O)CSc2nnc(-c3ccc(C)cc3)n2C2CCCCC2)cc1OC. The van der Waals surface area contributed by atoms with Crippen molar-refractivity contribution in [2.75, 3.05) is 19.5 Å². The van der Waals surface area contributed by atoms with Crippen molar-refractivity contribution in [3.05, 3.63) is 53.6 Å². The van der Waals surface area contributed by atoms with Gasteiger partial charge in [0, 0.05) is 11.6 Å². The summed E-state index contributed by atoms with van der Waals surface area (Å²) in [6, 6.07) is 14.2. The Balaban J connectivity index is 1.41. The molecule has 4 rings (SSSR count). The van der Waals surface area contributed by atoms with Crippen molar-refractivity contribution in [3.8, 4) is 22.9 Å². The lowest BCUT2D eigenvalue weighted by molar-refractivity contribution is -0.118. The van der Waals surface area contributed by atoms with Gasteiger partial charge in [-0.15, -0.1) is 10.2 Å². The van der Waals surface area contributed by atoms with Crippen LogP contribution in [0.15, 0.2) is 52.7 Å². The number of nitrogens with one attached hydrogen (secondary N) is 1. The van der Waals surface area contributed by atoms with E-state index in [1.54, 1.807) is 13.3 Å². The van der Waals surface area contributed by atoms with E-state index in [9.17, 15) is 4.79 Å². The zero-order valence-electron chi connectivity index (χ0n) is 21.1. The van der Waals surface area contributed by atoms with E-state index in [4.69, 9.17) is 9.47 Å². The number of ether oxygens (including phenoxy) is 2. The molecule has 1 N–H and O–H groups in total. The van der Waals surface area contributed by atoms with E-state index in [-0.39, 0.29) is 11.7 Å². The number of carbonyl (C=O) groups excluding carboxylic acids is 1. The van der Waals surface area contributed by atoms with Crippen LogP contribution in [0.2, 0.25) is 0 Å². The van der Waals surface area contributed by atoms with E-state index in [0.717, 1.165) is 34.9 Å². The molecule has 3 aromatic rings. The molecular weight excluding hydrogens is 474 g/mol. The minimum atomic E-state index is -0.204. The van der Waals surface area contributed by atoms with Gasteiger partial charge in [0.25, 0.3) is 5.91 Å². The summed E-state index contributed by atoms with van der Waals surface area (Å²) < 4.78 is 13.1. The maximum atomic E-state index is 12.5. The summed E-state index contributed by atoms with van der Waals surface area (Å²) in [6.45, 7) is 4.55. The molecule has 1 heterocycles. The summed E-state index contributed by atoms with van der Waals surface area (Å²) in [6.07, 6.45) is 7.46. The molecular formula is C27H33N5O3S. The van der Waals surface area contributed by atoms with Gasteiger partial charge < -0.3 is 9.47 Å². The highest BCUT2D eigenvalue weighted by molar-refractivity contribution is 7.99. The van der Waals surface area contributed by atoms with Crippen LogP contribution in [-0.4, -0.2) is 46.4 Å². The number of hydrogen-bond acceptors (Lipinski definition) is 7. The molecule has 0 radical (unpaired) electrons. The van der Waals surface area contributed by atoms with Crippen LogP contribution in [0.3, 0.4) is 0 Å². The summed E-state index contributed by atoms with van der Waals surface area (Å²) in [4.78, 5) is 12.5. The van der Waals surface area contributed by atoms with Crippen LogP contribution in [0, 0.1) is 6.92 Å². The van der Waals surface area contributed by atoms with E-state index < -0.39 is 0 Å². The Morgan fingerprint density at radius 2 is 1.92 bits per heavy atom. The Bertz CT molecular complexity index is 1190. The van der Waals surface area contributed by atoms with Gasteiger partial charge in [0.2, 0.25) is 0 Å². The Labute approximate surface area is 216 Å². The molecule has 1 amide bonds. The van der Waals surface area contributed by atoms with Gasteiger partial charge >= 0.3 is 0 Å². The third kappa shape index (κ3) is 6.46. The maximum Gasteiger partial charge on any atom is 0.250 e. The van der Waals surface area contributed by atoms with Crippen molar-refractivity contribution in [1.29, 1.82) is 0 Å². The number of aryl methyl sites for hydroxylation is 1. The summed E-state index contributed by atoms with van der Waals surface area (Å²) in [5.41, 5.74) is 5.65. The minimum absolute atomic E-state index is 0.197. The number of carbonyl (C=O) groups is 1. The number of hydrazone groups is 1. The number of aromatic nitrogens is 3. The summed E-state index contributed by atoms with van der Waals surface area (Å²) in [7, 11) is 1.59. The first-order chi connectivity index (χ1) is 17.6. The van der Waals surface area contributed by atoms with E-state index in [1.165, 1.54) is 36.6 Å². The number of benzene rings is 2. The van der Waals surface area contributed by atoms with Crippen LogP contribution in [-0.2, 0) is 4.79 Å². The van der Waals surface area contributed by atoms with Gasteiger partial charge in [-0.25, -0.2) is 5.43 Å². The normalized spacial score (nSPS) is 14.2. The average Bonchev–Trinajstić information content (AvgIpc) is 3.33. The largest absolute Gasteiger partial charge is 0.493 e. The topological polar surface area (TPSA) is 90.6 Å². The second-order valence-electron chi connectivity index (χ2n) is 8.76. The van der Waals surface area contributed by atoms with Gasteiger partial charge in [0.15, 0.2) is 22.5 Å². The molecule has 0 bridgehead atoms. The Kier molecular flexibility index (Phi) is 9.00. The molecule has 9 heteroatoms. The fraction of sp³-hybridized carbons (Fsp3) is 0.407. The van der Waals surface area contributed by atoms with Crippen molar-refractivity contribution in [2.45, 2.75) is 57.1 Å². The smallest absolute Gasteiger partial charge is 0.250 e. The van der Waals surface area contributed by atoms with Gasteiger partial charge in [-0.1, -0.05) is 60.9 Å². The fourth-order valence-electron chi connectivity index (χ4n) is 4.32. The first-order valence-corrected chi connectivity index (χ1v) is 13.3. The number of nitrogens with zero attached hydrogens (tertiary/aromatic N) is 4. The third-order valence-corrected chi connectivity index (χ3v) is 7.08. The number of thioether (sulfide) groups is 1. The average molecular weight is 508 g/mol. The van der Waals surface area contributed by atoms with Crippen LogP contribution in [0.1, 0.15) is 56.2 Å². The number of hydrogen-bond donors (Lipinski definition) is 1. The molecule has 0 aliphatic heterocycles. The molecule has 2 aromatic carbocycles. The first-order valence-electron chi connectivity index (χ1n) is 12.4. The van der Waals surface area contributed by atoms with Crippen molar-refractivity contribution in [2.24, 2.45) is 5.10 Å². The second kappa shape index (κ2) is 12.6. The number of rotatable bonds is 10. The highest BCUT2D eigenvalue weighted by atomic mass is 32.2. The van der Waals surface area contributed by atoms with E-state index in [2.05, 4.69) is 56.5 Å². The second-order valence-corrected chi connectivity index (χ2v) is 9.70. The molecule has 36 heavy (non-hydrogen) atoms. The molecule has 0 unspecified atom stereocenters. The predicted molar refractivity (Wildman–Crippen MR) is 143 cm³/mol. The lowest BCUT2D eigenvalue weighted by Crippen LogP contribution is -2.20.